The lowest BCUT2D eigenvalue weighted by Crippen LogP contribution is -2.02. The molecule has 1 N–H and O–H groups in total. The van der Waals surface area contributed by atoms with Gasteiger partial charge in [-0.3, -0.25) is 0 Å². The van der Waals surface area contributed by atoms with Crippen molar-refractivity contribution in [2.75, 3.05) is 12.4 Å². The molecule has 28 heavy (non-hydrogen) atoms. The van der Waals surface area contributed by atoms with Crippen molar-refractivity contribution in [1.29, 1.82) is 0 Å². The van der Waals surface area contributed by atoms with Crippen LogP contribution in [0.3, 0.4) is 0 Å². The molecule has 0 unspecified atom stereocenters. The molecule has 0 spiro atoms. The van der Waals surface area contributed by atoms with Crippen molar-refractivity contribution in [3.05, 3.63) is 78.0 Å². The van der Waals surface area contributed by atoms with E-state index in [0.29, 0.717) is 18.3 Å². The maximum atomic E-state index is 5.40. The SMILES string of the molecule is COc1ccccc1CNc1ccc(-c2nc(-c3ccc(C)cc3)no2)cn1. The summed E-state index contributed by atoms with van der Waals surface area (Å²) in [5, 5.41) is 7.36. The van der Waals surface area contributed by atoms with Crippen molar-refractivity contribution in [3.63, 3.8) is 0 Å². The van der Waals surface area contributed by atoms with Gasteiger partial charge in [0.25, 0.3) is 5.89 Å². The van der Waals surface area contributed by atoms with E-state index in [9.17, 15) is 0 Å². The quantitative estimate of drug-likeness (QED) is 0.528. The van der Waals surface area contributed by atoms with Gasteiger partial charge < -0.3 is 14.6 Å². The van der Waals surface area contributed by atoms with Crippen LogP contribution in [0.2, 0.25) is 0 Å². The molecule has 140 valence electrons. The molecular weight excluding hydrogens is 352 g/mol. The number of pyridine rings is 1. The molecule has 6 heteroatoms. The van der Waals surface area contributed by atoms with Gasteiger partial charge in [0, 0.05) is 23.9 Å². The van der Waals surface area contributed by atoms with Crippen LogP contribution in [-0.2, 0) is 6.54 Å². The van der Waals surface area contributed by atoms with E-state index in [1.54, 1.807) is 13.3 Å². The van der Waals surface area contributed by atoms with Gasteiger partial charge in [-0.05, 0) is 25.1 Å². The average molecular weight is 372 g/mol. The molecule has 0 radical (unpaired) electrons. The van der Waals surface area contributed by atoms with E-state index in [1.165, 1.54) is 5.56 Å². The summed E-state index contributed by atoms with van der Waals surface area (Å²) in [5.41, 5.74) is 3.95. The van der Waals surface area contributed by atoms with E-state index >= 15 is 0 Å². The molecule has 2 aromatic carbocycles. The first-order chi connectivity index (χ1) is 13.7. The Balaban J connectivity index is 1.45. The van der Waals surface area contributed by atoms with Crippen LogP contribution in [-0.4, -0.2) is 22.2 Å². The molecule has 4 aromatic rings. The second-order valence-electron chi connectivity index (χ2n) is 6.39. The summed E-state index contributed by atoms with van der Waals surface area (Å²) in [4.78, 5) is 8.91. The highest BCUT2D eigenvalue weighted by atomic mass is 16.5. The zero-order valence-corrected chi connectivity index (χ0v) is 15.7. The smallest absolute Gasteiger partial charge is 0.259 e. The lowest BCUT2D eigenvalue weighted by Gasteiger charge is -2.09. The topological polar surface area (TPSA) is 73.1 Å². The minimum Gasteiger partial charge on any atom is -0.496 e. The fourth-order valence-corrected chi connectivity index (χ4v) is 2.82. The first-order valence-corrected chi connectivity index (χ1v) is 8.96. The molecule has 0 aliphatic rings. The highest BCUT2D eigenvalue weighted by molar-refractivity contribution is 5.60. The fourth-order valence-electron chi connectivity index (χ4n) is 2.82. The van der Waals surface area contributed by atoms with Crippen molar-refractivity contribution in [2.45, 2.75) is 13.5 Å². The van der Waals surface area contributed by atoms with Gasteiger partial charge in [-0.2, -0.15) is 4.98 Å². The van der Waals surface area contributed by atoms with E-state index in [0.717, 1.165) is 28.3 Å². The summed E-state index contributed by atoms with van der Waals surface area (Å²) in [6.07, 6.45) is 1.72. The lowest BCUT2D eigenvalue weighted by molar-refractivity contribution is 0.410. The largest absolute Gasteiger partial charge is 0.496 e. The Morgan fingerprint density at radius 3 is 2.50 bits per heavy atom. The Labute approximate surface area is 163 Å². The minimum atomic E-state index is 0.444. The van der Waals surface area contributed by atoms with Crippen molar-refractivity contribution in [3.8, 4) is 28.6 Å². The van der Waals surface area contributed by atoms with E-state index in [-0.39, 0.29) is 0 Å². The molecule has 0 saturated heterocycles. The maximum absolute atomic E-state index is 5.40. The third-order valence-corrected chi connectivity index (χ3v) is 4.40. The Morgan fingerprint density at radius 1 is 0.964 bits per heavy atom. The van der Waals surface area contributed by atoms with E-state index < -0.39 is 0 Å². The lowest BCUT2D eigenvalue weighted by atomic mass is 10.1. The van der Waals surface area contributed by atoms with Crippen LogP contribution in [0, 0.1) is 6.92 Å². The maximum Gasteiger partial charge on any atom is 0.259 e. The first kappa shape index (κ1) is 17.7. The van der Waals surface area contributed by atoms with Crippen molar-refractivity contribution >= 4 is 5.82 Å². The number of methoxy groups -OCH3 is 1. The molecule has 0 bridgehead atoms. The number of aryl methyl sites for hydroxylation is 1. The monoisotopic (exact) mass is 372 g/mol. The van der Waals surface area contributed by atoms with Gasteiger partial charge in [-0.1, -0.05) is 53.2 Å². The molecular formula is C22H20N4O2. The molecule has 6 nitrogen and oxygen atoms in total. The number of hydrogen-bond acceptors (Lipinski definition) is 6. The predicted molar refractivity (Wildman–Crippen MR) is 108 cm³/mol. The van der Waals surface area contributed by atoms with Gasteiger partial charge in [0.05, 0.1) is 12.7 Å². The highest BCUT2D eigenvalue weighted by Gasteiger charge is 2.11. The summed E-state index contributed by atoms with van der Waals surface area (Å²) < 4.78 is 10.8. The number of ether oxygens (including phenoxy) is 1. The number of para-hydroxylation sites is 1. The summed E-state index contributed by atoms with van der Waals surface area (Å²) >= 11 is 0. The molecule has 0 saturated carbocycles. The number of aromatic nitrogens is 3. The van der Waals surface area contributed by atoms with E-state index in [1.807, 2.05) is 67.6 Å². The van der Waals surface area contributed by atoms with Crippen LogP contribution >= 0.6 is 0 Å². The van der Waals surface area contributed by atoms with E-state index in [2.05, 4.69) is 20.4 Å². The van der Waals surface area contributed by atoms with Gasteiger partial charge in [-0.15, -0.1) is 0 Å². The molecule has 4 rings (SSSR count). The van der Waals surface area contributed by atoms with Crippen LogP contribution in [0.15, 0.2) is 71.4 Å². The minimum absolute atomic E-state index is 0.444. The van der Waals surface area contributed by atoms with Crippen LogP contribution < -0.4 is 10.1 Å². The van der Waals surface area contributed by atoms with Crippen LogP contribution in [0.1, 0.15) is 11.1 Å². The highest BCUT2D eigenvalue weighted by Crippen LogP contribution is 2.23. The predicted octanol–water partition coefficient (Wildman–Crippen LogP) is 4.73. The first-order valence-electron chi connectivity index (χ1n) is 8.96. The summed E-state index contributed by atoms with van der Waals surface area (Å²) in [7, 11) is 1.67. The summed E-state index contributed by atoms with van der Waals surface area (Å²) in [6.45, 7) is 2.66. The fraction of sp³-hybridized carbons (Fsp3) is 0.136. The van der Waals surface area contributed by atoms with Gasteiger partial charge in [0.1, 0.15) is 11.6 Å². The van der Waals surface area contributed by atoms with Crippen molar-refractivity contribution in [1.82, 2.24) is 15.1 Å². The van der Waals surface area contributed by atoms with Crippen LogP contribution in [0.4, 0.5) is 5.82 Å². The number of anilines is 1. The zero-order chi connectivity index (χ0) is 19.3. The van der Waals surface area contributed by atoms with Gasteiger partial charge in [0.2, 0.25) is 5.82 Å². The van der Waals surface area contributed by atoms with Crippen molar-refractivity contribution in [2.24, 2.45) is 0 Å². The van der Waals surface area contributed by atoms with Crippen molar-refractivity contribution < 1.29 is 9.26 Å². The zero-order valence-electron chi connectivity index (χ0n) is 15.7. The number of nitrogens with zero attached hydrogens (tertiary/aromatic N) is 3. The van der Waals surface area contributed by atoms with Gasteiger partial charge in [0.15, 0.2) is 0 Å². The molecule has 0 aliphatic carbocycles. The number of hydrogen-bond donors (Lipinski definition) is 1. The Bertz CT molecular complexity index is 1060. The molecule has 0 fully saturated rings. The van der Waals surface area contributed by atoms with Crippen LogP contribution in [0.5, 0.6) is 5.75 Å². The normalized spacial score (nSPS) is 10.6. The second-order valence-corrected chi connectivity index (χ2v) is 6.39. The molecule has 0 amide bonds. The molecule has 0 aliphatic heterocycles. The Kier molecular flexibility index (Phi) is 5.01. The second kappa shape index (κ2) is 7.92. The van der Waals surface area contributed by atoms with Gasteiger partial charge >= 0.3 is 0 Å². The standard InChI is InChI=1S/C22H20N4O2/c1-15-7-9-16(10-8-15)21-25-22(28-26-21)18-11-12-20(24-14-18)23-13-17-5-3-4-6-19(17)27-2/h3-12,14H,13H2,1-2H3,(H,23,24). The summed E-state index contributed by atoms with van der Waals surface area (Å²) in [6, 6.07) is 19.7. The third-order valence-electron chi connectivity index (χ3n) is 4.40. The Hall–Kier alpha value is -3.67. The third kappa shape index (κ3) is 3.86. The Morgan fingerprint density at radius 2 is 1.75 bits per heavy atom. The number of rotatable bonds is 6. The summed E-state index contributed by atoms with van der Waals surface area (Å²) in [5.74, 6) is 2.61. The number of nitrogens with one attached hydrogen (secondary N) is 1. The molecule has 2 heterocycles. The molecule has 2 aromatic heterocycles. The average Bonchev–Trinajstić information content (AvgIpc) is 3.23. The molecule has 0 atom stereocenters. The van der Waals surface area contributed by atoms with E-state index in [4.69, 9.17) is 9.26 Å². The van der Waals surface area contributed by atoms with Gasteiger partial charge in [-0.25, -0.2) is 4.98 Å². The van der Waals surface area contributed by atoms with Crippen LogP contribution in [0.25, 0.3) is 22.8 Å². The number of benzene rings is 2.